The van der Waals surface area contributed by atoms with Gasteiger partial charge in [0, 0.05) is 23.1 Å². The minimum absolute atomic E-state index is 0.734. The molecule has 0 fully saturated rings. The fraction of sp³-hybridized carbons (Fsp3) is 0.118. The summed E-state index contributed by atoms with van der Waals surface area (Å²) in [4.78, 5) is 5.62. The Balaban J connectivity index is 1.94. The highest BCUT2D eigenvalue weighted by Gasteiger charge is 2.24. The molecule has 1 aliphatic rings. The molecule has 3 nitrogen and oxygen atoms in total. The Kier molecular flexibility index (Phi) is 2.30. The maximum atomic E-state index is 9.52. The van der Waals surface area contributed by atoms with E-state index >= 15 is 0 Å². The van der Waals surface area contributed by atoms with E-state index in [2.05, 4.69) is 34.2 Å². The van der Waals surface area contributed by atoms with Gasteiger partial charge in [-0.3, -0.25) is 0 Å². The molecule has 1 N–H and O–H groups in total. The number of nitrogens with zero attached hydrogens (tertiary/aromatic N) is 2. The van der Waals surface area contributed by atoms with E-state index in [1.165, 1.54) is 11.3 Å². The van der Waals surface area contributed by atoms with Crippen molar-refractivity contribution >= 4 is 22.4 Å². The first-order chi connectivity index (χ1) is 9.88. The van der Waals surface area contributed by atoms with E-state index in [1.807, 2.05) is 30.3 Å². The predicted octanol–water partition coefficient (Wildman–Crippen LogP) is 3.73. The first kappa shape index (κ1) is 11.1. The van der Waals surface area contributed by atoms with E-state index in [1.54, 1.807) is 0 Å². The maximum absolute atomic E-state index is 9.52. The Labute approximate surface area is 117 Å². The van der Waals surface area contributed by atoms with Crippen molar-refractivity contribution in [3.63, 3.8) is 0 Å². The molecular formula is C17H13N3. The summed E-state index contributed by atoms with van der Waals surface area (Å²) in [5.41, 5.74) is 4.30. The van der Waals surface area contributed by atoms with Gasteiger partial charge >= 0.3 is 0 Å². The summed E-state index contributed by atoms with van der Waals surface area (Å²) in [7, 11) is 0. The molecule has 0 aliphatic carbocycles. The molecule has 0 spiro atoms. The molecule has 0 atom stereocenters. The van der Waals surface area contributed by atoms with Crippen molar-refractivity contribution in [2.75, 3.05) is 11.4 Å². The van der Waals surface area contributed by atoms with Crippen LogP contribution in [0.25, 0.3) is 10.9 Å². The van der Waals surface area contributed by atoms with Gasteiger partial charge in [-0.2, -0.15) is 5.26 Å². The van der Waals surface area contributed by atoms with Crippen LogP contribution in [0, 0.1) is 11.3 Å². The molecule has 2 aromatic carbocycles. The molecule has 1 aromatic heterocycles. The normalized spacial score (nSPS) is 13.4. The van der Waals surface area contributed by atoms with E-state index < -0.39 is 0 Å². The molecule has 0 unspecified atom stereocenters. The molecule has 2 heterocycles. The topological polar surface area (TPSA) is 42.8 Å². The average molecular weight is 259 g/mol. The summed E-state index contributed by atoms with van der Waals surface area (Å²) >= 11 is 0. The summed E-state index contributed by atoms with van der Waals surface area (Å²) < 4.78 is 0. The number of hydrogen-bond donors (Lipinski definition) is 1. The van der Waals surface area contributed by atoms with Gasteiger partial charge in [-0.25, -0.2) is 0 Å². The molecule has 3 aromatic rings. The highest BCUT2D eigenvalue weighted by molar-refractivity contribution is 5.93. The van der Waals surface area contributed by atoms with Gasteiger partial charge in [0.05, 0.1) is 0 Å². The third kappa shape index (κ3) is 1.45. The lowest BCUT2D eigenvalue weighted by atomic mass is 10.1. The number of H-pyrrole nitrogens is 1. The highest BCUT2D eigenvalue weighted by Crippen LogP contribution is 2.37. The van der Waals surface area contributed by atoms with Crippen molar-refractivity contribution in [3.05, 3.63) is 59.7 Å². The van der Waals surface area contributed by atoms with Gasteiger partial charge in [0.1, 0.15) is 17.5 Å². The molecule has 0 saturated carbocycles. The number of rotatable bonds is 1. The van der Waals surface area contributed by atoms with Crippen molar-refractivity contribution in [2.24, 2.45) is 0 Å². The van der Waals surface area contributed by atoms with Crippen LogP contribution < -0.4 is 4.90 Å². The van der Waals surface area contributed by atoms with Crippen molar-refractivity contribution in [3.8, 4) is 6.07 Å². The lowest BCUT2D eigenvalue weighted by Crippen LogP contribution is -2.14. The highest BCUT2D eigenvalue weighted by atomic mass is 15.2. The van der Waals surface area contributed by atoms with Gasteiger partial charge in [0.15, 0.2) is 0 Å². The van der Waals surface area contributed by atoms with Crippen LogP contribution in [0.1, 0.15) is 11.1 Å². The third-order valence-electron chi connectivity index (χ3n) is 3.96. The quantitative estimate of drug-likeness (QED) is 0.723. The molecule has 3 heteroatoms. The zero-order chi connectivity index (χ0) is 13.5. The average Bonchev–Trinajstić information content (AvgIpc) is 3.07. The lowest BCUT2D eigenvalue weighted by molar-refractivity contribution is 0.981. The Morgan fingerprint density at radius 3 is 2.75 bits per heavy atom. The Hall–Kier alpha value is -2.73. The SMILES string of the molecule is N#Cc1c(N2CCc3ccccc32)[nH]c2ccccc12. The number of aromatic nitrogens is 1. The second kappa shape index (κ2) is 4.14. The van der Waals surface area contributed by atoms with Crippen LogP contribution in [-0.2, 0) is 6.42 Å². The van der Waals surface area contributed by atoms with Crippen LogP contribution in [0.2, 0.25) is 0 Å². The minimum atomic E-state index is 0.734. The molecule has 0 saturated heterocycles. The Morgan fingerprint density at radius 1 is 1.05 bits per heavy atom. The van der Waals surface area contributed by atoms with Gasteiger partial charge in [-0.15, -0.1) is 0 Å². The molecule has 96 valence electrons. The smallest absolute Gasteiger partial charge is 0.129 e. The lowest BCUT2D eigenvalue weighted by Gasteiger charge is -2.18. The van der Waals surface area contributed by atoms with E-state index in [0.717, 1.165) is 35.2 Å². The number of nitriles is 1. The van der Waals surface area contributed by atoms with Crippen LogP contribution in [0.15, 0.2) is 48.5 Å². The Morgan fingerprint density at radius 2 is 1.85 bits per heavy atom. The second-order valence-electron chi connectivity index (χ2n) is 5.04. The summed E-state index contributed by atoms with van der Waals surface area (Å²) in [5.74, 6) is 0.915. The fourth-order valence-electron chi connectivity index (χ4n) is 3.01. The zero-order valence-electron chi connectivity index (χ0n) is 10.9. The third-order valence-corrected chi connectivity index (χ3v) is 3.96. The number of aromatic amines is 1. The molecule has 0 amide bonds. The molecular weight excluding hydrogens is 246 g/mol. The molecule has 0 radical (unpaired) electrons. The largest absolute Gasteiger partial charge is 0.340 e. The fourth-order valence-corrected chi connectivity index (χ4v) is 3.01. The number of benzene rings is 2. The van der Waals surface area contributed by atoms with Gasteiger partial charge in [-0.05, 0) is 24.1 Å². The van der Waals surface area contributed by atoms with Gasteiger partial charge in [0.2, 0.25) is 0 Å². The summed E-state index contributed by atoms with van der Waals surface area (Å²) in [6, 6.07) is 18.7. The number of anilines is 2. The van der Waals surface area contributed by atoms with Crippen LogP contribution in [0.5, 0.6) is 0 Å². The molecule has 20 heavy (non-hydrogen) atoms. The molecule has 0 bridgehead atoms. The van der Waals surface area contributed by atoms with E-state index in [-0.39, 0.29) is 0 Å². The Bertz CT molecular complexity index is 839. The monoisotopic (exact) mass is 259 g/mol. The summed E-state index contributed by atoms with van der Waals surface area (Å²) in [6.45, 7) is 0.918. The number of para-hydroxylation sites is 2. The van der Waals surface area contributed by atoms with E-state index in [0.29, 0.717) is 0 Å². The predicted molar refractivity (Wildman–Crippen MR) is 80.2 cm³/mol. The first-order valence-corrected chi connectivity index (χ1v) is 6.75. The number of nitrogens with one attached hydrogen (secondary N) is 1. The molecule has 1 aliphatic heterocycles. The van der Waals surface area contributed by atoms with Crippen LogP contribution in [-0.4, -0.2) is 11.5 Å². The van der Waals surface area contributed by atoms with Crippen molar-refractivity contribution < 1.29 is 0 Å². The summed E-state index contributed by atoms with van der Waals surface area (Å²) in [6.07, 6.45) is 1.02. The van der Waals surface area contributed by atoms with Crippen molar-refractivity contribution in [1.82, 2.24) is 4.98 Å². The summed E-state index contributed by atoms with van der Waals surface area (Å²) in [5, 5.41) is 10.5. The first-order valence-electron chi connectivity index (χ1n) is 6.75. The second-order valence-corrected chi connectivity index (χ2v) is 5.04. The van der Waals surface area contributed by atoms with E-state index in [9.17, 15) is 5.26 Å². The maximum Gasteiger partial charge on any atom is 0.129 e. The van der Waals surface area contributed by atoms with Crippen molar-refractivity contribution in [1.29, 1.82) is 5.26 Å². The standard InChI is InChI=1S/C17H13N3/c18-11-14-13-6-2-3-7-15(13)19-17(14)20-10-9-12-5-1-4-8-16(12)20/h1-8,19H,9-10H2. The van der Waals surface area contributed by atoms with Gasteiger partial charge in [-0.1, -0.05) is 36.4 Å². The van der Waals surface area contributed by atoms with Crippen LogP contribution >= 0.6 is 0 Å². The van der Waals surface area contributed by atoms with Gasteiger partial charge < -0.3 is 9.88 Å². The minimum Gasteiger partial charge on any atom is -0.340 e. The molecule has 4 rings (SSSR count). The number of hydrogen-bond acceptors (Lipinski definition) is 2. The number of fused-ring (bicyclic) bond motifs is 2. The van der Waals surface area contributed by atoms with Crippen LogP contribution in [0.4, 0.5) is 11.5 Å². The van der Waals surface area contributed by atoms with Crippen LogP contribution in [0.3, 0.4) is 0 Å². The van der Waals surface area contributed by atoms with Gasteiger partial charge in [0.25, 0.3) is 0 Å². The van der Waals surface area contributed by atoms with E-state index in [4.69, 9.17) is 0 Å². The zero-order valence-corrected chi connectivity index (χ0v) is 10.9. The van der Waals surface area contributed by atoms with Crippen molar-refractivity contribution in [2.45, 2.75) is 6.42 Å².